The number of thioether (sulfide) groups is 1. The third-order valence-corrected chi connectivity index (χ3v) is 7.30. The molecule has 2 unspecified atom stereocenters. The van der Waals surface area contributed by atoms with E-state index >= 15 is 0 Å². The number of hydrogen-bond donors (Lipinski definition) is 1. The number of amides is 2. The highest BCUT2D eigenvalue weighted by molar-refractivity contribution is 8.04. The van der Waals surface area contributed by atoms with Crippen LogP contribution in [0.25, 0.3) is 6.08 Å². The van der Waals surface area contributed by atoms with Crippen molar-refractivity contribution in [3.63, 3.8) is 0 Å². The number of benzene rings is 2. The summed E-state index contributed by atoms with van der Waals surface area (Å²) in [7, 11) is 0. The quantitative estimate of drug-likeness (QED) is 0.680. The van der Waals surface area contributed by atoms with E-state index in [1.54, 1.807) is 40.9 Å². The highest BCUT2D eigenvalue weighted by Crippen LogP contribution is 2.42. The standard InChI is InChI=1S/C25H27FN2O2S/c26-20-11-5-4-10-19(20)16-23-25(30)28(21-12-6-7-13-22(21)31-23)17-24(29)27-15-14-18-8-2-1-3-9-18/h1-5,8-11,16,21-22H,6-7,12-15,17H2,(H,27,29)/b23-16-. The summed E-state index contributed by atoms with van der Waals surface area (Å²) in [5, 5.41) is 3.20. The Balaban J connectivity index is 1.45. The minimum absolute atomic E-state index is 0.0456. The van der Waals surface area contributed by atoms with Crippen LogP contribution in [0.5, 0.6) is 0 Å². The van der Waals surface area contributed by atoms with Crippen molar-refractivity contribution in [2.75, 3.05) is 13.1 Å². The van der Waals surface area contributed by atoms with Crippen LogP contribution in [0.3, 0.4) is 0 Å². The number of halogens is 1. The van der Waals surface area contributed by atoms with Crippen LogP contribution in [0.2, 0.25) is 0 Å². The minimum Gasteiger partial charge on any atom is -0.354 e. The van der Waals surface area contributed by atoms with E-state index in [-0.39, 0.29) is 35.5 Å². The van der Waals surface area contributed by atoms with Gasteiger partial charge in [-0.3, -0.25) is 9.59 Å². The van der Waals surface area contributed by atoms with Crippen LogP contribution < -0.4 is 5.32 Å². The lowest BCUT2D eigenvalue weighted by molar-refractivity contribution is -0.135. The zero-order valence-corrected chi connectivity index (χ0v) is 18.2. The number of carbonyl (C=O) groups excluding carboxylic acids is 2. The maximum Gasteiger partial charge on any atom is 0.261 e. The van der Waals surface area contributed by atoms with Gasteiger partial charge in [0.1, 0.15) is 12.4 Å². The Kier molecular flexibility index (Phi) is 7.07. The fourth-order valence-electron chi connectivity index (χ4n) is 4.30. The Hall–Kier alpha value is -2.60. The third kappa shape index (κ3) is 5.37. The van der Waals surface area contributed by atoms with Crippen LogP contribution in [0, 0.1) is 5.82 Å². The van der Waals surface area contributed by atoms with Crippen LogP contribution in [-0.4, -0.2) is 41.1 Å². The van der Waals surface area contributed by atoms with Crippen molar-refractivity contribution < 1.29 is 14.0 Å². The molecule has 6 heteroatoms. The summed E-state index contributed by atoms with van der Waals surface area (Å²) in [5.41, 5.74) is 1.57. The van der Waals surface area contributed by atoms with Gasteiger partial charge in [-0.25, -0.2) is 4.39 Å². The maximum atomic E-state index is 14.1. The summed E-state index contributed by atoms with van der Waals surface area (Å²) < 4.78 is 14.1. The van der Waals surface area contributed by atoms with Gasteiger partial charge in [-0.05, 0) is 37.0 Å². The Labute approximate surface area is 186 Å². The molecule has 1 saturated carbocycles. The second-order valence-corrected chi connectivity index (χ2v) is 9.34. The molecule has 0 radical (unpaired) electrons. The van der Waals surface area contributed by atoms with E-state index < -0.39 is 0 Å². The Morgan fingerprint density at radius 1 is 1.10 bits per heavy atom. The minimum atomic E-state index is -0.348. The molecule has 0 spiro atoms. The molecule has 1 aliphatic heterocycles. The van der Waals surface area contributed by atoms with Gasteiger partial charge in [-0.2, -0.15) is 0 Å². The first-order valence-electron chi connectivity index (χ1n) is 10.9. The lowest BCUT2D eigenvalue weighted by Crippen LogP contribution is -2.54. The molecule has 2 aliphatic rings. The predicted octanol–water partition coefficient (Wildman–Crippen LogP) is 4.41. The lowest BCUT2D eigenvalue weighted by Gasteiger charge is -2.43. The van der Waals surface area contributed by atoms with E-state index in [0.717, 1.165) is 37.7 Å². The van der Waals surface area contributed by atoms with Gasteiger partial charge in [-0.1, -0.05) is 61.4 Å². The SMILES string of the molecule is O=C(CN1C(=O)/C(=C/c2ccccc2F)SC2CCCCC21)NCCc1ccccc1. The number of nitrogens with one attached hydrogen (secondary N) is 1. The van der Waals surface area contributed by atoms with Crippen molar-refractivity contribution in [1.82, 2.24) is 10.2 Å². The molecule has 1 N–H and O–H groups in total. The van der Waals surface area contributed by atoms with Gasteiger partial charge in [-0.15, -0.1) is 11.8 Å². The van der Waals surface area contributed by atoms with Gasteiger partial charge < -0.3 is 10.2 Å². The molecule has 0 aromatic heterocycles. The number of fused-ring (bicyclic) bond motifs is 1. The molecule has 1 saturated heterocycles. The number of hydrogen-bond acceptors (Lipinski definition) is 3. The van der Waals surface area contributed by atoms with Gasteiger partial charge in [0.25, 0.3) is 5.91 Å². The first kappa shape index (κ1) is 21.6. The summed E-state index contributed by atoms with van der Waals surface area (Å²) in [6.45, 7) is 0.579. The van der Waals surface area contributed by atoms with Crippen molar-refractivity contribution in [3.05, 3.63) is 76.4 Å². The van der Waals surface area contributed by atoms with Crippen LogP contribution in [0.1, 0.15) is 36.8 Å². The number of rotatable bonds is 6. The van der Waals surface area contributed by atoms with Crippen molar-refractivity contribution in [2.45, 2.75) is 43.4 Å². The molecule has 1 aliphatic carbocycles. The molecule has 2 amide bonds. The Morgan fingerprint density at radius 3 is 2.65 bits per heavy atom. The normalized spacial score (nSPS) is 22.3. The molecule has 2 atom stereocenters. The van der Waals surface area contributed by atoms with E-state index in [1.807, 2.05) is 30.3 Å². The van der Waals surface area contributed by atoms with Crippen molar-refractivity contribution >= 4 is 29.7 Å². The third-order valence-electron chi connectivity index (χ3n) is 5.90. The molecule has 162 valence electrons. The largest absolute Gasteiger partial charge is 0.354 e. The van der Waals surface area contributed by atoms with Gasteiger partial charge >= 0.3 is 0 Å². The first-order chi connectivity index (χ1) is 15.1. The highest BCUT2D eigenvalue weighted by Gasteiger charge is 2.41. The summed E-state index contributed by atoms with van der Waals surface area (Å²) in [5.74, 6) is -0.667. The Morgan fingerprint density at radius 2 is 1.84 bits per heavy atom. The van der Waals surface area contributed by atoms with Crippen LogP contribution in [0.4, 0.5) is 4.39 Å². The Bertz CT molecular complexity index is 963. The molecular formula is C25H27FN2O2S. The first-order valence-corrected chi connectivity index (χ1v) is 11.7. The van der Waals surface area contributed by atoms with Crippen LogP contribution >= 0.6 is 11.8 Å². The van der Waals surface area contributed by atoms with Crippen molar-refractivity contribution in [3.8, 4) is 0 Å². The van der Waals surface area contributed by atoms with Crippen molar-refractivity contribution in [2.24, 2.45) is 0 Å². The molecule has 0 bridgehead atoms. The van der Waals surface area contributed by atoms with E-state index in [2.05, 4.69) is 5.32 Å². The van der Waals surface area contributed by atoms with E-state index in [1.165, 1.54) is 6.07 Å². The monoisotopic (exact) mass is 438 g/mol. The molecule has 31 heavy (non-hydrogen) atoms. The summed E-state index contributed by atoms with van der Waals surface area (Å²) in [6, 6.07) is 16.5. The summed E-state index contributed by atoms with van der Waals surface area (Å²) in [4.78, 5) is 28.1. The van der Waals surface area contributed by atoms with Crippen LogP contribution in [0.15, 0.2) is 59.5 Å². The average Bonchev–Trinajstić information content (AvgIpc) is 2.79. The second kappa shape index (κ2) is 10.1. The molecule has 2 fully saturated rings. The van der Waals surface area contributed by atoms with Crippen LogP contribution in [-0.2, 0) is 16.0 Å². The molecule has 2 aromatic rings. The van der Waals surface area contributed by atoms with Gasteiger partial charge in [0.15, 0.2) is 0 Å². The fourth-order valence-corrected chi connectivity index (χ4v) is 5.76. The zero-order chi connectivity index (χ0) is 21.6. The molecule has 1 heterocycles. The maximum absolute atomic E-state index is 14.1. The smallest absolute Gasteiger partial charge is 0.261 e. The predicted molar refractivity (Wildman–Crippen MR) is 123 cm³/mol. The van der Waals surface area contributed by atoms with Crippen molar-refractivity contribution in [1.29, 1.82) is 0 Å². The summed E-state index contributed by atoms with van der Waals surface area (Å²) in [6.07, 6.45) is 6.48. The van der Waals surface area contributed by atoms with Gasteiger partial charge in [0.05, 0.1) is 4.91 Å². The molecule has 2 aromatic carbocycles. The lowest BCUT2D eigenvalue weighted by atomic mass is 9.93. The average molecular weight is 439 g/mol. The molecule has 4 nitrogen and oxygen atoms in total. The zero-order valence-electron chi connectivity index (χ0n) is 17.4. The molecular weight excluding hydrogens is 411 g/mol. The second-order valence-electron chi connectivity index (χ2n) is 8.06. The number of nitrogens with zero attached hydrogens (tertiary/aromatic N) is 1. The number of carbonyl (C=O) groups is 2. The topological polar surface area (TPSA) is 49.4 Å². The summed E-state index contributed by atoms with van der Waals surface area (Å²) >= 11 is 1.54. The van der Waals surface area contributed by atoms with Gasteiger partial charge in [0, 0.05) is 23.4 Å². The van der Waals surface area contributed by atoms with E-state index in [9.17, 15) is 14.0 Å². The fraction of sp³-hybridized carbons (Fsp3) is 0.360. The van der Waals surface area contributed by atoms with E-state index in [4.69, 9.17) is 0 Å². The highest BCUT2D eigenvalue weighted by atomic mass is 32.2. The molecule has 4 rings (SSSR count). The van der Waals surface area contributed by atoms with Gasteiger partial charge in [0.2, 0.25) is 5.91 Å². The van der Waals surface area contributed by atoms with E-state index in [0.29, 0.717) is 17.0 Å².